The molecule has 1 aliphatic heterocycles. The van der Waals surface area contributed by atoms with Crippen LogP contribution in [0.15, 0.2) is 127 Å². The van der Waals surface area contributed by atoms with Gasteiger partial charge < -0.3 is 34.9 Å². The first-order valence-corrected chi connectivity index (χ1v) is 23.7. The van der Waals surface area contributed by atoms with E-state index in [-0.39, 0.29) is 30.8 Å². The normalized spacial score (nSPS) is 17.4. The molecule has 3 N–H and O–H groups in total. The maximum absolute atomic E-state index is 12.9. The summed E-state index contributed by atoms with van der Waals surface area (Å²) in [5, 5.41) is 15.7. The van der Waals surface area contributed by atoms with Gasteiger partial charge in [-0.1, -0.05) is 164 Å². The predicted octanol–water partition coefficient (Wildman–Crippen LogP) is 13.8. The molecule has 0 spiro atoms. The van der Waals surface area contributed by atoms with Crippen molar-refractivity contribution < 1.29 is 24.1 Å². The van der Waals surface area contributed by atoms with Gasteiger partial charge in [0.15, 0.2) is 6.29 Å². The van der Waals surface area contributed by atoms with E-state index in [1.807, 2.05) is 78.9 Å². The first-order chi connectivity index (χ1) is 30.9. The third-order valence-electron chi connectivity index (χ3n) is 12.2. The van der Waals surface area contributed by atoms with Crippen LogP contribution in [0.2, 0.25) is 0 Å². The minimum absolute atomic E-state index is 0.0132. The second-order valence-electron chi connectivity index (χ2n) is 17.2. The molecule has 0 bridgehead atoms. The predicted molar refractivity (Wildman–Crippen MR) is 257 cm³/mol. The van der Waals surface area contributed by atoms with Crippen molar-refractivity contribution in [2.75, 3.05) is 25.0 Å². The van der Waals surface area contributed by atoms with E-state index < -0.39 is 6.29 Å². The van der Waals surface area contributed by atoms with E-state index in [2.05, 4.69) is 84.8 Å². The lowest BCUT2D eigenvalue weighted by molar-refractivity contribution is -0.276. The number of aliphatic hydroxyl groups is 1. The highest BCUT2D eigenvalue weighted by molar-refractivity contribution is 5.89. The van der Waals surface area contributed by atoms with Crippen molar-refractivity contribution in [2.45, 2.75) is 129 Å². The Labute approximate surface area is 377 Å². The van der Waals surface area contributed by atoms with Gasteiger partial charge in [0, 0.05) is 30.3 Å². The van der Waals surface area contributed by atoms with E-state index in [1.54, 1.807) is 0 Å². The smallest absolute Gasteiger partial charge is 0.319 e. The van der Waals surface area contributed by atoms with Crippen molar-refractivity contribution in [3.05, 3.63) is 150 Å². The maximum Gasteiger partial charge on any atom is 0.319 e. The Kier molecular flexibility index (Phi) is 19.6. The molecule has 1 fully saturated rings. The van der Waals surface area contributed by atoms with Crippen LogP contribution >= 0.6 is 0 Å². The Morgan fingerprint density at radius 1 is 0.635 bits per heavy atom. The number of rotatable bonds is 25. The number of urea groups is 1. The fraction of sp³-hybridized carbons (Fsp3) is 0.436. The Balaban J connectivity index is 1.12. The van der Waals surface area contributed by atoms with Gasteiger partial charge >= 0.3 is 6.03 Å². The molecule has 0 aromatic heterocycles. The zero-order valence-electron chi connectivity index (χ0n) is 38.0. The molecule has 0 radical (unpaired) electrons. The summed E-state index contributed by atoms with van der Waals surface area (Å²) < 4.78 is 19.8. The number of hydrogen-bond acceptors (Lipinski definition) is 6. The van der Waals surface area contributed by atoms with Gasteiger partial charge in [-0.25, -0.2) is 4.79 Å². The third kappa shape index (κ3) is 15.4. The molecular formula is C55H71N3O5. The highest BCUT2D eigenvalue weighted by atomic mass is 16.7. The summed E-state index contributed by atoms with van der Waals surface area (Å²) in [5.74, 6) is 1.57. The summed E-state index contributed by atoms with van der Waals surface area (Å²) in [6.45, 7) is 10.3. The number of nitrogens with one attached hydrogen (secondary N) is 2. The van der Waals surface area contributed by atoms with E-state index in [4.69, 9.17) is 14.2 Å². The van der Waals surface area contributed by atoms with Crippen LogP contribution in [0.5, 0.6) is 11.5 Å². The fourth-order valence-corrected chi connectivity index (χ4v) is 8.42. The second-order valence-corrected chi connectivity index (χ2v) is 17.2. The van der Waals surface area contributed by atoms with Crippen LogP contribution in [0, 0.1) is 5.92 Å². The number of carbonyl (C=O) groups is 1. The lowest BCUT2D eigenvalue weighted by Crippen LogP contribution is -2.45. The highest BCUT2D eigenvalue weighted by Crippen LogP contribution is 2.42. The molecular weight excluding hydrogens is 783 g/mol. The van der Waals surface area contributed by atoms with E-state index in [0.717, 1.165) is 58.8 Å². The van der Waals surface area contributed by atoms with Gasteiger partial charge in [0.1, 0.15) is 11.5 Å². The van der Waals surface area contributed by atoms with Crippen molar-refractivity contribution in [1.29, 1.82) is 0 Å². The molecule has 8 nitrogen and oxygen atoms in total. The SMILES string of the molecule is CCCCCCCCN(CCCCCCCC)CC1OC(c2cccc(-c3cccc(CNC(=O)Nc4ccc(Oc5ccccc5)cc4)c3)c2)OC(c2ccc(CO)cc2)C1C. The van der Waals surface area contributed by atoms with Crippen LogP contribution in [-0.4, -0.2) is 41.8 Å². The Morgan fingerprint density at radius 3 is 1.92 bits per heavy atom. The van der Waals surface area contributed by atoms with Crippen molar-refractivity contribution in [1.82, 2.24) is 10.2 Å². The number of carbonyl (C=O) groups excluding carboxylic acids is 1. The van der Waals surface area contributed by atoms with Gasteiger partial charge in [-0.2, -0.15) is 0 Å². The minimum atomic E-state index is -0.550. The Morgan fingerprint density at radius 2 is 1.25 bits per heavy atom. The molecule has 4 atom stereocenters. The topological polar surface area (TPSA) is 92.3 Å². The first-order valence-electron chi connectivity index (χ1n) is 23.7. The van der Waals surface area contributed by atoms with Crippen molar-refractivity contribution in [3.8, 4) is 22.6 Å². The van der Waals surface area contributed by atoms with Crippen LogP contribution < -0.4 is 15.4 Å². The van der Waals surface area contributed by atoms with Crippen LogP contribution in [-0.2, 0) is 22.6 Å². The van der Waals surface area contributed by atoms with Gasteiger partial charge in [0.25, 0.3) is 0 Å². The van der Waals surface area contributed by atoms with Gasteiger partial charge in [0.05, 0.1) is 18.8 Å². The molecule has 336 valence electrons. The standard InChI is InChI=1S/C55H71N3O5/c1-4-6-8-10-12-17-35-58(36-18-13-11-9-7-5-2)40-52-42(3)53(45-29-27-43(41-59)28-30-45)63-54(62-52)48-24-20-23-47(38-48)46-22-19-21-44(37-46)39-56-55(60)57-49-31-33-51(34-32-49)61-50-25-15-14-16-26-50/h14-16,19-34,37-38,42,52-54,59H,4-13,17-18,35-36,39-41H2,1-3H3,(H2,56,57,60). The molecule has 0 saturated carbocycles. The molecule has 2 amide bonds. The monoisotopic (exact) mass is 854 g/mol. The lowest BCUT2D eigenvalue weighted by Gasteiger charge is -2.43. The number of para-hydroxylation sites is 1. The second kappa shape index (κ2) is 26.0. The van der Waals surface area contributed by atoms with Crippen LogP contribution in [0.3, 0.4) is 0 Å². The van der Waals surface area contributed by atoms with Gasteiger partial charge in [-0.05, 0) is 102 Å². The number of hydrogen-bond donors (Lipinski definition) is 3. The van der Waals surface area contributed by atoms with Crippen molar-refractivity contribution in [3.63, 3.8) is 0 Å². The average Bonchev–Trinajstić information content (AvgIpc) is 3.32. The maximum atomic E-state index is 12.9. The number of aliphatic hydroxyl groups excluding tert-OH is 1. The van der Waals surface area contributed by atoms with E-state index in [9.17, 15) is 9.90 Å². The van der Waals surface area contributed by atoms with Crippen LogP contribution in [0.25, 0.3) is 11.1 Å². The van der Waals surface area contributed by atoms with E-state index in [1.165, 1.54) is 77.0 Å². The number of amides is 2. The lowest BCUT2D eigenvalue weighted by atomic mass is 9.89. The Bertz CT molecular complexity index is 2040. The summed E-state index contributed by atoms with van der Waals surface area (Å²) in [6, 6.07) is 41.6. The van der Waals surface area contributed by atoms with Gasteiger partial charge in [0.2, 0.25) is 0 Å². The molecule has 4 unspecified atom stereocenters. The number of unbranched alkanes of at least 4 members (excludes halogenated alkanes) is 10. The zero-order chi connectivity index (χ0) is 44.1. The minimum Gasteiger partial charge on any atom is -0.457 e. The number of benzene rings is 5. The van der Waals surface area contributed by atoms with Crippen LogP contribution in [0.1, 0.15) is 132 Å². The summed E-state index contributed by atoms with van der Waals surface area (Å²) >= 11 is 0. The van der Waals surface area contributed by atoms with Crippen LogP contribution in [0.4, 0.5) is 10.5 Å². The largest absolute Gasteiger partial charge is 0.457 e. The molecule has 0 aliphatic carbocycles. The molecule has 8 heteroatoms. The zero-order valence-corrected chi connectivity index (χ0v) is 38.0. The highest BCUT2D eigenvalue weighted by Gasteiger charge is 2.39. The molecule has 63 heavy (non-hydrogen) atoms. The van der Waals surface area contributed by atoms with Gasteiger partial charge in [-0.15, -0.1) is 0 Å². The van der Waals surface area contributed by atoms with E-state index in [0.29, 0.717) is 18.0 Å². The Hall–Kier alpha value is -4.99. The number of ether oxygens (including phenoxy) is 3. The molecule has 5 aromatic carbocycles. The average molecular weight is 854 g/mol. The summed E-state index contributed by atoms with van der Waals surface area (Å²) in [6.07, 6.45) is 14.7. The van der Waals surface area contributed by atoms with E-state index >= 15 is 0 Å². The fourth-order valence-electron chi connectivity index (χ4n) is 8.42. The molecule has 5 aromatic rings. The molecule has 6 rings (SSSR count). The molecule has 1 heterocycles. The summed E-state index contributed by atoms with van der Waals surface area (Å²) in [7, 11) is 0. The molecule has 1 saturated heterocycles. The van der Waals surface area contributed by atoms with Crippen molar-refractivity contribution >= 4 is 11.7 Å². The third-order valence-corrected chi connectivity index (χ3v) is 12.2. The number of anilines is 1. The summed E-state index contributed by atoms with van der Waals surface area (Å²) in [5.41, 5.74) is 6.73. The quantitative estimate of drug-likeness (QED) is 0.0507. The number of nitrogens with zero attached hydrogens (tertiary/aromatic N) is 1. The summed E-state index contributed by atoms with van der Waals surface area (Å²) in [4.78, 5) is 15.6. The first kappa shape index (κ1) is 47.5. The molecule has 1 aliphatic rings. The van der Waals surface area contributed by atoms with Crippen molar-refractivity contribution in [2.24, 2.45) is 5.92 Å². The van der Waals surface area contributed by atoms with Gasteiger partial charge in [-0.3, -0.25) is 0 Å².